The highest BCUT2D eigenvalue weighted by Crippen LogP contribution is 2.29. The number of amides is 1. The summed E-state index contributed by atoms with van der Waals surface area (Å²) in [5, 5.41) is 0. The predicted octanol–water partition coefficient (Wildman–Crippen LogP) is 3.54. The van der Waals surface area contributed by atoms with Crippen LogP contribution >= 0.6 is 0 Å². The van der Waals surface area contributed by atoms with Gasteiger partial charge in [0.05, 0.1) is 5.69 Å². The molecule has 0 fully saturated rings. The average Bonchev–Trinajstić information content (AvgIpc) is 2.47. The lowest BCUT2D eigenvalue weighted by Gasteiger charge is -2.29. The number of fused-ring (bicyclic) bond motifs is 1. The summed E-state index contributed by atoms with van der Waals surface area (Å²) < 4.78 is 0. The monoisotopic (exact) mass is 279 g/mol. The normalized spacial score (nSPS) is 14.0. The highest BCUT2D eigenvalue weighted by atomic mass is 16.2. The minimum atomic E-state index is -0.0226. The Labute approximate surface area is 124 Å². The number of carbonyl (C=O) groups is 2. The first-order valence-electron chi connectivity index (χ1n) is 7.10. The number of benzene rings is 2. The van der Waals surface area contributed by atoms with E-state index in [1.54, 1.807) is 11.0 Å². The summed E-state index contributed by atoms with van der Waals surface area (Å²) in [5.74, 6) is 0.0849. The summed E-state index contributed by atoms with van der Waals surface area (Å²) >= 11 is 0. The van der Waals surface area contributed by atoms with Crippen LogP contribution in [0.5, 0.6) is 0 Å². The number of anilines is 1. The van der Waals surface area contributed by atoms with Gasteiger partial charge in [0.15, 0.2) is 5.78 Å². The smallest absolute Gasteiger partial charge is 0.258 e. The van der Waals surface area contributed by atoms with Crippen molar-refractivity contribution in [2.45, 2.75) is 20.3 Å². The molecule has 0 aliphatic carbocycles. The second-order valence-electron chi connectivity index (χ2n) is 5.41. The lowest BCUT2D eigenvalue weighted by atomic mass is 9.97. The number of ketones is 1. The molecule has 3 heteroatoms. The number of para-hydroxylation sites is 1. The first-order valence-corrected chi connectivity index (χ1v) is 7.10. The third kappa shape index (κ3) is 2.25. The number of nitrogens with zero attached hydrogens (tertiary/aromatic N) is 1. The van der Waals surface area contributed by atoms with E-state index in [2.05, 4.69) is 0 Å². The van der Waals surface area contributed by atoms with E-state index in [9.17, 15) is 9.59 Å². The van der Waals surface area contributed by atoms with Crippen LogP contribution in [0, 0.1) is 13.8 Å². The van der Waals surface area contributed by atoms with Crippen molar-refractivity contribution in [2.24, 2.45) is 0 Å². The summed E-state index contributed by atoms with van der Waals surface area (Å²) in [7, 11) is 0. The fourth-order valence-corrected chi connectivity index (χ4v) is 2.91. The van der Waals surface area contributed by atoms with Crippen LogP contribution in [0.1, 0.15) is 38.3 Å². The van der Waals surface area contributed by atoms with Gasteiger partial charge in [-0.1, -0.05) is 30.3 Å². The topological polar surface area (TPSA) is 37.4 Å². The zero-order valence-electron chi connectivity index (χ0n) is 12.2. The molecule has 0 aromatic heterocycles. The van der Waals surface area contributed by atoms with Crippen LogP contribution in [0.15, 0.2) is 42.5 Å². The molecule has 1 aliphatic heterocycles. The Morgan fingerprint density at radius 1 is 1.00 bits per heavy atom. The molecule has 3 nitrogen and oxygen atoms in total. The Balaban J connectivity index is 2.08. The molecule has 1 heterocycles. The molecule has 0 N–H and O–H groups in total. The number of hydrogen-bond donors (Lipinski definition) is 0. The van der Waals surface area contributed by atoms with E-state index < -0.39 is 0 Å². The molecule has 0 saturated carbocycles. The van der Waals surface area contributed by atoms with E-state index in [1.807, 2.05) is 50.2 Å². The van der Waals surface area contributed by atoms with Gasteiger partial charge in [0.1, 0.15) is 0 Å². The lowest BCUT2D eigenvalue weighted by molar-refractivity contribution is 0.0954. The van der Waals surface area contributed by atoms with Crippen LogP contribution in [0.25, 0.3) is 0 Å². The quantitative estimate of drug-likeness (QED) is 0.800. The molecule has 106 valence electrons. The van der Waals surface area contributed by atoms with Crippen molar-refractivity contribution in [1.29, 1.82) is 0 Å². The third-order valence-electron chi connectivity index (χ3n) is 4.00. The second kappa shape index (κ2) is 5.17. The van der Waals surface area contributed by atoms with Gasteiger partial charge in [-0.15, -0.1) is 0 Å². The molecule has 0 spiro atoms. The van der Waals surface area contributed by atoms with E-state index in [1.165, 1.54) is 0 Å². The maximum Gasteiger partial charge on any atom is 0.258 e. The SMILES string of the molecule is Cc1cccc(C)c1C(=O)N1CCC(=O)c2ccccc21. The van der Waals surface area contributed by atoms with Crippen LogP contribution in [-0.4, -0.2) is 18.2 Å². The van der Waals surface area contributed by atoms with Crippen molar-refractivity contribution in [3.8, 4) is 0 Å². The molecule has 3 rings (SSSR count). The van der Waals surface area contributed by atoms with E-state index in [4.69, 9.17) is 0 Å². The largest absolute Gasteiger partial charge is 0.307 e. The number of aryl methyl sites for hydroxylation is 2. The number of rotatable bonds is 1. The second-order valence-corrected chi connectivity index (χ2v) is 5.41. The molecular weight excluding hydrogens is 262 g/mol. The molecule has 2 aromatic carbocycles. The molecule has 21 heavy (non-hydrogen) atoms. The summed E-state index contributed by atoms with van der Waals surface area (Å²) in [6.45, 7) is 4.34. The Morgan fingerprint density at radius 2 is 1.67 bits per heavy atom. The Kier molecular flexibility index (Phi) is 3.34. The third-order valence-corrected chi connectivity index (χ3v) is 4.00. The maximum atomic E-state index is 12.9. The predicted molar refractivity (Wildman–Crippen MR) is 83.0 cm³/mol. The fourth-order valence-electron chi connectivity index (χ4n) is 2.91. The van der Waals surface area contributed by atoms with Gasteiger partial charge < -0.3 is 4.90 Å². The zero-order valence-corrected chi connectivity index (χ0v) is 12.2. The maximum absolute atomic E-state index is 12.9. The van der Waals surface area contributed by atoms with E-state index in [0.29, 0.717) is 18.5 Å². The Morgan fingerprint density at radius 3 is 2.38 bits per heavy atom. The van der Waals surface area contributed by atoms with Gasteiger partial charge in [0.2, 0.25) is 0 Å². The van der Waals surface area contributed by atoms with Crippen LogP contribution in [0.4, 0.5) is 5.69 Å². The molecule has 0 radical (unpaired) electrons. The Bertz CT molecular complexity index is 713. The number of hydrogen-bond acceptors (Lipinski definition) is 2. The molecule has 0 atom stereocenters. The molecule has 0 saturated heterocycles. The van der Waals surface area contributed by atoms with Crippen molar-refractivity contribution in [2.75, 3.05) is 11.4 Å². The van der Waals surface area contributed by atoms with Crippen molar-refractivity contribution < 1.29 is 9.59 Å². The average molecular weight is 279 g/mol. The summed E-state index contributed by atoms with van der Waals surface area (Å²) in [5.41, 5.74) is 4.04. The molecule has 0 unspecified atom stereocenters. The first-order chi connectivity index (χ1) is 10.1. The van der Waals surface area contributed by atoms with Gasteiger partial charge in [0, 0.05) is 24.1 Å². The minimum Gasteiger partial charge on any atom is -0.307 e. The van der Waals surface area contributed by atoms with Gasteiger partial charge in [-0.05, 0) is 37.1 Å². The highest BCUT2D eigenvalue weighted by molar-refractivity contribution is 6.14. The lowest BCUT2D eigenvalue weighted by Crippen LogP contribution is -2.38. The van der Waals surface area contributed by atoms with Crippen molar-refractivity contribution in [1.82, 2.24) is 0 Å². The van der Waals surface area contributed by atoms with Crippen molar-refractivity contribution in [3.63, 3.8) is 0 Å². The van der Waals surface area contributed by atoms with Crippen molar-refractivity contribution >= 4 is 17.4 Å². The van der Waals surface area contributed by atoms with Gasteiger partial charge in [0.25, 0.3) is 5.91 Å². The zero-order chi connectivity index (χ0) is 15.0. The van der Waals surface area contributed by atoms with Crippen LogP contribution in [0.2, 0.25) is 0 Å². The minimum absolute atomic E-state index is 0.0226. The van der Waals surface area contributed by atoms with E-state index in [-0.39, 0.29) is 11.7 Å². The standard InChI is InChI=1S/C18H17NO2/c1-12-6-5-7-13(2)17(12)18(21)19-11-10-16(20)14-8-3-4-9-15(14)19/h3-9H,10-11H2,1-2H3. The molecule has 0 bridgehead atoms. The van der Waals surface area contributed by atoms with Crippen LogP contribution < -0.4 is 4.90 Å². The number of Topliss-reactive ketones (excluding diaryl/α,β-unsaturated/α-hetero) is 1. The van der Waals surface area contributed by atoms with E-state index in [0.717, 1.165) is 22.4 Å². The highest BCUT2D eigenvalue weighted by Gasteiger charge is 2.28. The van der Waals surface area contributed by atoms with Crippen LogP contribution in [-0.2, 0) is 0 Å². The fraction of sp³-hybridized carbons (Fsp3) is 0.222. The van der Waals surface area contributed by atoms with Crippen molar-refractivity contribution in [3.05, 3.63) is 64.7 Å². The summed E-state index contributed by atoms with van der Waals surface area (Å²) in [6, 6.07) is 13.2. The van der Waals surface area contributed by atoms with Gasteiger partial charge in [-0.3, -0.25) is 9.59 Å². The van der Waals surface area contributed by atoms with Gasteiger partial charge in [-0.2, -0.15) is 0 Å². The van der Waals surface area contributed by atoms with Gasteiger partial charge >= 0.3 is 0 Å². The molecule has 1 aliphatic rings. The van der Waals surface area contributed by atoms with Gasteiger partial charge in [-0.25, -0.2) is 0 Å². The Hall–Kier alpha value is -2.42. The summed E-state index contributed by atoms with van der Waals surface area (Å²) in [4.78, 5) is 26.6. The molecular formula is C18H17NO2. The summed E-state index contributed by atoms with van der Waals surface area (Å²) in [6.07, 6.45) is 0.383. The first kappa shape index (κ1) is 13.6. The molecule has 1 amide bonds. The van der Waals surface area contributed by atoms with E-state index >= 15 is 0 Å². The number of carbonyl (C=O) groups excluding carboxylic acids is 2. The van der Waals surface area contributed by atoms with Crippen LogP contribution in [0.3, 0.4) is 0 Å². The molecule has 2 aromatic rings.